The molecule has 3 aromatic rings. The summed E-state index contributed by atoms with van der Waals surface area (Å²) in [5.74, 6) is -0.124. The van der Waals surface area contributed by atoms with Gasteiger partial charge in [-0.3, -0.25) is 4.79 Å². The van der Waals surface area contributed by atoms with Crippen LogP contribution in [-0.4, -0.2) is 26.0 Å². The predicted octanol–water partition coefficient (Wildman–Crippen LogP) is 2.76. The van der Waals surface area contributed by atoms with Gasteiger partial charge in [0.1, 0.15) is 12.1 Å². The van der Waals surface area contributed by atoms with Crippen molar-refractivity contribution in [3.8, 4) is 22.6 Å². The van der Waals surface area contributed by atoms with Crippen LogP contribution in [0.25, 0.3) is 22.6 Å². The SMILES string of the molecule is CCOC(=O)Cc1nc(-c2ccccc2)c(-c2ccccc2S(N)(=O)=O)o1. The monoisotopic (exact) mass is 386 g/mol. The molecule has 7 nitrogen and oxygen atoms in total. The Morgan fingerprint density at radius 3 is 2.44 bits per heavy atom. The summed E-state index contributed by atoms with van der Waals surface area (Å²) in [5, 5.41) is 5.35. The summed E-state index contributed by atoms with van der Waals surface area (Å²) in [5.41, 5.74) is 1.42. The predicted molar refractivity (Wildman–Crippen MR) is 99.1 cm³/mol. The van der Waals surface area contributed by atoms with Crippen molar-refractivity contribution in [2.24, 2.45) is 5.14 Å². The lowest BCUT2D eigenvalue weighted by Crippen LogP contribution is -2.13. The molecule has 0 radical (unpaired) electrons. The number of esters is 1. The van der Waals surface area contributed by atoms with Crippen LogP contribution in [0.2, 0.25) is 0 Å². The highest BCUT2D eigenvalue weighted by Gasteiger charge is 2.24. The minimum atomic E-state index is -3.98. The molecule has 0 unspecified atom stereocenters. The van der Waals surface area contributed by atoms with Gasteiger partial charge < -0.3 is 9.15 Å². The number of oxazole rings is 1. The van der Waals surface area contributed by atoms with Crippen LogP contribution in [0, 0.1) is 0 Å². The Labute approximate surface area is 156 Å². The molecule has 1 aromatic heterocycles. The maximum atomic E-state index is 12.0. The van der Waals surface area contributed by atoms with Gasteiger partial charge in [0.05, 0.1) is 11.5 Å². The smallest absolute Gasteiger partial charge is 0.315 e. The van der Waals surface area contributed by atoms with Crippen LogP contribution in [0.5, 0.6) is 0 Å². The molecule has 0 aliphatic rings. The number of benzene rings is 2. The Morgan fingerprint density at radius 1 is 1.11 bits per heavy atom. The van der Waals surface area contributed by atoms with E-state index >= 15 is 0 Å². The average molecular weight is 386 g/mol. The van der Waals surface area contributed by atoms with Crippen molar-refractivity contribution in [1.82, 2.24) is 4.98 Å². The molecule has 0 bridgehead atoms. The summed E-state index contributed by atoms with van der Waals surface area (Å²) in [7, 11) is -3.98. The van der Waals surface area contributed by atoms with Crippen LogP contribution in [0.3, 0.4) is 0 Å². The van der Waals surface area contributed by atoms with E-state index in [1.54, 1.807) is 25.1 Å². The van der Waals surface area contributed by atoms with Crippen molar-refractivity contribution >= 4 is 16.0 Å². The van der Waals surface area contributed by atoms with Crippen LogP contribution < -0.4 is 5.14 Å². The number of rotatable bonds is 6. The summed E-state index contributed by atoms with van der Waals surface area (Å²) in [6, 6.07) is 15.3. The van der Waals surface area contributed by atoms with Crippen LogP contribution in [0.15, 0.2) is 63.9 Å². The average Bonchev–Trinajstić information content (AvgIpc) is 3.05. The Bertz CT molecular complexity index is 1060. The first kappa shape index (κ1) is 18.8. The molecule has 0 spiro atoms. The third kappa shape index (κ3) is 4.24. The van der Waals surface area contributed by atoms with Crippen LogP contribution in [-0.2, 0) is 26.0 Å². The molecule has 0 aliphatic carbocycles. The zero-order chi connectivity index (χ0) is 19.4. The summed E-state index contributed by atoms with van der Waals surface area (Å²) < 4.78 is 34.7. The third-order valence-corrected chi connectivity index (χ3v) is 4.73. The minimum Gasteiger partial charge on any atom is -0.466 e. The fourth-order valence-electron chi connectivity index (χ4n) is 2.65. The minimum absolute atomic E-state index is 0.0824. The van der Waals surface area contributed by atoms with Crippen molar-refractivity contribution < 1.29 is 22.4 Å². The lowest BCUT2D eigenvalue weighted by molar-refractivity contribution is -0.142. The molecule has 0 atom stereocenters. The normalized spacial score (nSPS) is 11.3. The second kappa shape index (κ2) is 7.73. The Balaban J connectivity index is 2.17. The Morgan fingerprint density at radius 2 is 1.78 bits per heavy atom. The summed E-state index contributed by atoms with van der Waals surface area (Å²) in [4.78, 5) is 16.1. The molecule has 0 saturated heterocycles. The third-order valence-electron chi connectivity index (χ3n) is 3.76. The highest BCUT2D eigenvalue weighted by Crippen LogP contribution is 2.36. The van der Waals surface area contributed by atoms with E-state index in [0.29, 0.717) is 5.69 Å². The topological polar surface area (TPSA) is 112 Å². The molecule has 27 heavy (non-hydrogen) atoms. The van der Waals surface area contributed by atoms with Gasteiger partial charge in [-0.25, -0.2) is 18.5 Å². The second-order valence-corrected chi connectivity index (χ2v) is 7.20. The van der Waals surface area contributed by atoms with Gasteiger partial charge in [-0.15, -0.1) is 0 Å². The van der Waals surface area contributed by atoms with Crippen LogP contribution >= 0.6 is 0 Å². The highest BCUT2D eigenvalue weighted by atomic mass is 32.2. The summed E-state index contributed by atoms with van der Waals surface area (Å²) in [6.45, 7) is 1.95. The highest BCUT2D eigenvalue weighted by molar-refractivity contribution is 7.89. The molecular formula is C19H18N2O5S. The van der Waals surface area contributed by atoms with Crippen molar-refractivity contribution in [1.29, 1.82) is 0 Å². The molecular weight excluding hydrogens is 368 g/mol. The number of hydrogen-bond donors (Lipinski definition) is 1. The second-order valence-electron chi connectivity index (χ2n) is 5.67. The quantitative estimate of drug-likeness (QED) is 0.652. The van der Waals surface area contributed by atoms with Gasteiger partial charge in [0.2, 0.25) is 15.9 Å². The van der Waals surface area contributed by atoms with Crippen molar-refractivity contribution in [2.75, 3.05) is 6.61 Å². The number of nitrogens with two attached hydrogens (primary N) is 1. The number of primary sulfonamides is 1. The van der Waals surface area contributed by atoms with Gasteiger partial charge in [0.15, 0.2) is 5.76 Å². The van der Waals surface area contributed by atoms with Gasteiger partial charge in [-0.1, -0.05) is 42.5 Å². The molecule has 3 rings (SSSR count). The lowest BCUT2D eigenvalue weighted by atomic mass is 10.1. The van der Waals surface area contributed by atoms with Crippen molar-refractivity contribution in [2.45, 2.75) is 18.2 Å². The number of sulfonamides is 1. The number of ether oxygens (including phenoxy) is 1. The first-order chi connectivity index (χ1) is 12.9. The maximum Gasteiger partial charge on any atom is 0.315 e. The zero-order valence-electron chi connectivity index (χ0n) is 14.6. The van der Waals surface area contributed by atoms with Gasteiger partial charge in [-0.2, -0.15) is 0 Å². The first-order valence-electron chi connectivity index (χ1n) is 8.23. The standard InChI is InChI=1S/C19H18N2O5S/c1-2-25-17(22)12-16-21-18(13-8-4-3-5-9-13)19(26-16)14-10-6-7-11-15(14)27(20,23)24/h3-11H,2,12H2,1H3,(H2,20,23,24). The van der Waals surface area contributed by atoms with Gasteiger partial charge in [0, 0.05) is 11.1 Å². The number of nitrogens with zero attached hydrogens (tertiary/aromatic N) is 1. The van der Waals surface area contributed by atoms with E-state index in [2.05, 4.69) is 4.98 Å². The molecule has 0 aliphatic heterocycles. The van der Waals surface area contributed by atoms with Gasteiger partial charge >= 0.3 is 5.97 Å². The van der Waals surface area contributed by atoms with Gasteiger partial charge in [0.25, 0.3) is 0 Å². The first-order valence-corrected chi connectivity index (χ1v) is 9.77. The number of carbonyl (C=O) groups excluding carboxylic acids is 1. The molecule has 1 heterocycles. The van der Waals surface area contributed by atoms with E-state index in [-0.39, 0.29) is 35.1 Å². The van der Waals surface area contributed by atoms with E-state index in [0.717, 1.165) is 5.56 Å². The van der Waals surface area contributed by atoms with E-state index in [9.17, 15) is 13.2 Å². The molecule has 2 aromatic carbocycles. The number of hydrogen-bond acceptors (Lipinski definition) is 6. The van der Waals surface area contributed by atoms with Crippen LogP contribution in [0.4, 0.5) is 0 Å². The van der Waals surface area contributed by atoms with E-state index < -0.39 is 16.0 Å². The number of aromatic nitrogens is 1. The van der Waals surface area contributed by atoms with Gasteiger partial charge in [-0.05, 0) is 19.1 Å². The number of carbonyl (C=O) groups is 1. The van der Waals surface area contributed by atoms with Crippen molar-refractivity contribution in [3.63, 3.8) is 0 Å². The summed E-state index contributed by atoms with van der Waals surface area (Å²) >= 11 is 0. The van der Waals surface area contributed by atoms with Crippen LogP contribution in [0.1, 0.15) is 12.8 Å². The summed E-state index contributed by atoms with van der Waals surface area (Å²) in [6.07, 6.45) is -0.161. The lowest BCUT2D eigenvalue weighted by Gasteiger charge is -2.06. The maximum absolute atomic E-state index is 12.0. The fourth-order valence-corrected chi connectivity index (χ4v) is 3.39. The van der Waals surface area contributed by atoms with E-state index in [4.69, 9.17) is 14.3 Å². The molecule has 0 amide bonds. The van der Waals surface area contributed by atoms with Crippen molar-refractivity contribution in [3.05, 3.63) is 60.5 Å². The molecule has 0 fully saturated rings. The van der Waals surface area contributed by atoms with E-state index in [1.165, 1.54) is 6.07 Å². The zero-order valence-corrected chi connectivity index (χ0v) is 15.4. The molecule has 8 heteroatoms. The Kier molecular flexibility index (Phi) is 5.38. The van der Waals surface area contributed by atoms with E-state index in [1.807, 2.05) is 30.3 Å². The molecule has 2 N–H and O–H groups in total. The fraction of sp³-hybridized carbons (Fsp3) is 0.158. The largest absolute Gasteiger partial charge is 0.466 e. The molecule has 0 saturated carbocycles. The molecule has 140 valence electrons. The Hall–Kier alpha value is -2.97.